The summed E-state index contributed by atoms with van der Waals surface area (Å²) in [6, 6.07) is 8.75. The van der Waals surface area contributed by atoms with Crippen LogP contribution in [0.5, 0.6) is 0 Å². The van der Waals surface area contributed by atoms with Gasteiger partial charge in [0.05, 0.1) is 35.2 Å². The summed E-state index contributed by atoms with van der Waals surface area (Å²) < 4.78 is 2.19. The second-order valence-electron chi connectivity index (χ2n) is 8.64. The van der Waals surface area contributed by atoms with Gasteiger partial charge in [-0.05, 0) is 88.8 Å². The first-order valence-corrected chi connectivity index (χ1v) is 13.8. The summed E-state index contributed by atoms with van der Waals surface area (Å²) >= 11 is 0.194. The summed E-state index contributed by atoms with van der Waals surface area (Å²) in [5.41, 5.74) is 14.2. The van der Waals surface area contributed by atoms with E-state index in [1.807, 2.05) is 12.4 Å². The Balaban J connectivity index is 0.00000122. The molecule has 1 aromatic heterocycles. The Bertz CT molecular complexity index is 1070. The van der Waals surface area contributed by atoms with Crippen molar-refractivity contribution >= 4 is 44.0 Å². The molecule has 2 aromatic carbocycles. The molecule has 178 valence electrons. The minimum atomic E-state index is 0.194. The molecule has 0 saturated carbocycles. The van der Waals surface area contributed by atoms with Gasteiger partial charge in [-0.3, -0.25) is 9.98 Å². The standard InChI is InChI=1S/C27H33N3.2ClH.Fe/c1-16-10-18(3)26(19(4)11-16)28-14-24-22(7)23(8)25(30(24)9)15-29-27-20(5)12-17(2)13-21(27)6;;;/h10-15H,1-9H3;2*1H;/q;;;+2/p-2. The van der Waals surface area contributed by atoms with Crippen LogP contribution in [-0.2, 0) is 20.2 Å². The zero-order valence-corrected chi connectivity index (χ0v) is 23.5. The maximum atomic E-state index is 4.86. The van der Waals surface area contributed by atoms with Gasteiger partial charge in [-0.2, -0.15) is 0 Å². The molecule has 0 atom stereocenters. The number of aromatic nitrogens is 1. The van der Waals surface area contributed by atoms with Crippen molar-refractivity contribution in [1.82, 2.24) is 4.57 Å². The number of aryl methyl sites for hydroxylation is 6. The molecule has 0 amide bonds. The zero-order valence-electron chi connectivity index (χ0n) is 20.9. The number of halogens is 2. The van der Waals surface area contributed by atoms with Gasteiger partial charge in [0.15, 0.2) is 0 Å². The van der Waals surface area contributed by atoms with E-state index in [0.29, 0.717) is 0 Å². The third kappa shape index (κ3) is 6.61. The average Bonchev–Trinajstić information content (AvgIpc) is 2.90. The molecule has 3 aromatic rings. The molecule has 3 nitrogen and oxygen atoms in total. The van der Waals surface area contributed by atoms with Crippen LogP contribution in [0.25, 0.3) is 0 Å². The molecule has 1 heterocycles. The van der Waals surface area contributed by atoms with E-state index in [2.05, 4.69) is 91.3 Å². The number of hydrogen-bond acceptors (Lipinski definition) is 2. The van der Waals surface area contributed by atoms with Gasteiger partial charge in [-0.15, -0.1) is 0 Å². The fourth-order valence-electron chi connectivity index (χ4n) is 4.39. The molecule has 0 N–H and O–H groups in total. The maximum absolute atomic E-state index is 4.86. The van der Waals surface area contributed by atoms with Gasteiger partial charge in [0, 0.05) is 7.05 Å². The van der Waals surface area contributed by atoms with Gasteiger partial charge >= 0.3 is 33.3 Å². The summed E-state index contributed by atoms with van der Waals surface area (Å²) in [5, 5.41) is 0. The summed E-state index contributed by atoms with van der Waals surface area (Å²) in [7, 11) is 11.6. The van der Waals surface area contributed by atoms with Crippen LogP contribution < -0.4 is 0 Å². The third-order valence-electron chi connectivity index (χ3n) is 5.96. The van der Waals surface area contributed by atoms with E-state index in [-0.39, 0.29) is 13.1 Å². The first-order valence-electron chi connectivity index (χ1n) is 10.8. The van der Waals surface area contributed by atoms with E-state index < -0.39 is 0 Å². The van der Waals surface area contributed by atoms with Crippen molar-refractivity contribution in [3.05, 3.63) is 80.2 Å². The molecule has 0 aliphatic rings. The number of hydrogen-bond donors (Lipinski definition) is 0. The number of benzene rings is 2. The van der Waals surface area contributed by atoms with Crippen molar-refractivity contribution in [2.24, 2.45) is 17.0 Å². The predicted octanol–water partition coefficient (Wildman–Crippen LogP) is 8.37. The van der Waals surface area contributed by atoms with E-state index in [0.717, 1.165) is 22.8 Å². The summed E-state index contributed by atoms with van der Waals surface area (Å²) in [5.74, 6) is 0. The Morgan fingerprint density at radius 2 is 0.909 bits per heavy atom. The van der Waals surface area contributed by atoms with E-state index in [1.54, 1.807) is 0 Å². The Labute approximate surface area is 213 Å². The van der Waals surface area contributed by atoms with Crippen molar-refractivity contribution in [2.75, 3.05) is 0 Å². The molecule has 0 saturated heterocycles. The van der Waals surface area contributed by atoms with Gasteiger partial charge in [-0.25, -0.2) is 0 Å². The number of aliphatic imine (C=N–C) groups is 2. The topological polar surface area (TPSA) is 29.6 Å². The minimum absolute atomic E-state index is 0.194. The summed E-state index contributed by atoms with van der Waals surface area (Å²) in [6.45, 7) is 17.1. The van der Waals surface area contributed by atoms with Gasteiger partial charge in [0.1, 0.15) is 0 Å². The van der Waals surface area contributed by atoms with Gasteiger partial charge < -0.3 is 4.57 Å². The van der Waals surface area contributed by atoms with Crippen LogP contribution >= 0.6 is 20.2 Å². The average molecular weight is 526 g/mol. The molecular formula is C27H33Cl2FeN3. The molecule has 0 radical (unpaired) electrons. The number of nitrogens with zero attached hydrogens (tertiary/aromatic N) is 3. The van der Waals surface area contributed by atoms with Crippen LogP contribution in [0, 0.1) is 55.4 Å². The van der Waals surface area contributed by atoms with E-state index in [4.69, 9.17) is 30.2 Å². The van der Waals surface area contributed by atoms with Crippen LogP contribution in [-0.4, -0.2) is 17.0 Å². The molecular weight excluding hydrogens is 493 g/mol. The molecule has 0 unspecified atom stereocenters. The van der Waals surface area contributed by atoms with Gasteiger partial charge in [-0.1, -0.05) is 35.4 Å². The van der Waals surface area contributed by atoms with Crippen molar-refractivity contribution in [1.29, 1.82) is 0 Å². The van der Waals surface area contributed by atoms with Crippen molar-refractivity contribution in [2.45, 2.75) is 55.4 Å². The molecule has 0 aliphatic carbocycles. The Morgan fingerprint density at radius 1 is 0.636 bits per heavy atom. The monoisotopic (exact) mass is 525 g/mol. The normalized spacial score (nSPS) is 11.5. The number of rotatable bonds is 4. The second kappa shape index (κ2) is 12.0. The van der Waals surface area contributed by atoms with Crippen LogP contribution in [0.4, 0.5) is 11.4 Å². The van der Waals surface area contributed by atoms with Crippen LogP contribution in [0.1, 0.15) is 55.9 Å². The second-order valence-corrected chi connectivity index (χ2v) is 10.5. The van der Waals surface area contributed by atoms with E-state index in [1.165, 1.54) is 44.5 Å². The zero-order chi connectivity index (χ0) is 24.9. The van der Waals surface area contributed by atoms with Crippen LogP contribution in [0.3, 0.4) is 0 Å². The Kier molecular flexibility index (Phi) is 9.99. The fraction of sp³-hybridized carbons (Fsp3) is 0.333. The molecule has 0 aliphatic heterocycles. The molecule has 3 rings (SSSR count). The van der Waals surface area contributed by atoms with Crippen LogP contribution in [0.15, 0.2) is 34.3 Å². The molecule has 0 bridgehead atoms. The quantitative estimate of drug-likeness (QED) is 0.242. The predicted molar refractivity (Wildman–Crippen MR) is 142 cm³/mol. The van der Waals surface area contributed by atoms with Crippen molar-refractivity contribution in [3.8, 4) is 0 Å². The third-order valence-corrected chi connectivity index (χ3v) is 5.96. The molecule has 6 heteroatoms. The first-order chi connectivity index (χ1) is 15.5. The SMILES string of the molecule is Cc1cc(C)c(N=Cc2c(C)c(C)c(C=Nc3c(C)cc(C)cc3C)n2C)c(C)c1.[Cl][Fe][Cl]. The van der Waals surface area contributed by atoms with Crippen LogP contribution in [0.2, 0.25) is 0 Å². The molecule has 33 heavy (non-hydrogen) atoms. The first kappa shape index (κ1) is 27.4. The summed E-state index contributed by atoms with van der Waals surface area (Å²) in [6.07, 6.45) is 3.99. The van der Waals surface area contributed by atoms with E-state index in [9.17, 15) is 0 Å². The Morgan fingerprint density at radius 3 is 1.18 bits per heavy atom. The Hall–Kier alpha value is -1.84. The molecule has 0 fully saturated rings. The van der Waals surface area contributed by atoms with E-state index >= 15 is 0 Å². The van der Waals surface area contributed by atoms with Crippen molar-refractivity contribution in [3.63, 3.8) is 0 Å². The van der Waals surface area contributed by atoms with Gasteiger partial charge in [0.2, 0.25) is 0 Å². The summed E-state index contributed by atoms with van der Waals surface area (Å²) in [4.78, 5) is 9.72. The molecule has 0 spiro atoms. The van der Waals surface area contributed by atoms with Gasteiger partial charge in [0.25, 0.3) is 0 Å². The van der Waals surface area contributed by atoms with Crippen molar-refractivity contribution < 1.29 is 13.1 Å². The fourth-order valence-corrected chi connectivity index (χ4v) is 4.39.